The largest absolute Gasteiger partial charge is 0.441 e. The van der Waals surface area contributed by atoms with E-state index in [9.17, 15) is 9.59 Å². The van der Waals surface area contributed by atoms with Crippen molar-refractivity contribution >= 4 is 29.3 Å². The molecule has 0 aromatic heterocycles. The Morgan fingerprint density at radius 2 is 1.90 bits per heavy atom. The Morgan fingerprint density at radius 3 is 2.69 bits per heavy atom. The molecule has 2 saturated heterocycles. The summed E-state index contributed by atoms with van der Waals surface area (Å²) in [5, 5.41) is 0.590. The van der Waals surface area contributed by atoms with Crippen molar-refractivity contribution in [2.45, 2.75) is 37.7 Å². The van der Waals surface area contributed by atoms with Gasteiger partial charge in [-0.25, -0.2) is 4.79 Å². The molecule has 2 amide bonds. The summed E-state index contributed by atoms with van der Waals surface area (Å²) in [5.74, 6) is 0.168. The first-order valence-electron chi connectivity index (χ1n) is 10.1. The molecule has 0 aliphatic carbocycles. The summed E-state index contributed by atoms with van der Waals surface area (Å²) in [6.45, 7) is 1.83. The van der Waals surface area contributed by atoms with E-state index in [4.69, 9.17) is 16.3 Å². The molecule has 2 aliphatic heterocycles. The van der Waals surface area contributed by atoms with E-state index in [1.165, 1.54) is 5.56 Å². The highest BCUT2D eigenvalue weighted by Gasteiger charge is 2.46. The van der Waals surface area contributed by atoms with E-state index in [2.05, 4.69) is 0 Å². The average molecular weight is 413 g/mol. The first-order valence-corrected chi connectivity index (χ1v) is 10.5. The number of rotatable bonds is 4. The van der Waals surface area contributed by atoms with Crippen LogP contribution in [0, 0.1) is 0 Å². The van der Waals surface area contributed by atoms with Gasteiger partial charge in [0.05, 0.1) is 6.54 Å². The fourth-order valence-electron chi connectivity index (χ4n) is 4.20. The van der Waals surface area contributed by atoms with Crippen molar-refractivity contribution in [3.05, 3.63) is 65.2 Å². The number of nitrogens with zero attached hydrogens (tertiary/aromatic N) is 2. The van der Waals surface area contributed by atoms with Crippen molar-refractivity contribution < 1.29 is 14.3 Å². The molecule has 6 heteroatoms. The lowest BCUT2D eigenvalue weighted by Gasteiger charge is -2.25. The van der Waals surface area contributed by atoms with E-state index in [0.717, 1.165) is 24.9 Å². The third-order valence-electron chi connectivity index (χ3n) is 5.81. The molecule has 1 atom stereocenters. The molecule has 1 unspecified atom stereocenters. The second-order valence-electron chi connectivity index (χ2n) is 7.84. The number of hydrogen-bond donors (Lipinski definition) is 0. The van der Waals surface area contributed by atoms with E-state index in [1.54, 1.807) is 17.0 Å². The van der Waals surface area contributed by atoms with Gasteiger partial charge in [0, 0.05) is 36.6 Å². The van der Waals surface area contributed by atoms with Crippen LogP contribution in [-0.2, 0) is 16.0 Å². The Kier molecular flexibility index (Phi) is 5.76. The fourth-order valence-corrected chi connectivity index (χ4v) is 4.38. The Hall–Kier alpha value is -2.53. The van der Waals surface area contributed by atoms with Crippen LogP contribution in [0.2, 0.25) is 5.02 Å². The van der Waals surface area contributed by atoms with Crippen molar-refractivity contribution in [1.82, 2.24) is 4.90 Å². The van der Waals surface area contributed by atoms with Gasteiger partial charge >= 0.3 is 6.09 Å². The number of amides is 2. The number of hydrogen-bond acceptors (Lipinski definition) is 3. The number of aryl methyl sites for hydroxylation is 1. The summed E-state index contributed by atoms with van der Waals surface area (Å²) in [5.41, 5.74) is 1.39. The molecule has 2 fully saturated rings. The van der Waals surface area contributed by atoms with Crippen LogP contribution >= 0.6 is 11.6 Å². The minimum Gasteiger partial charge on any atom is -0.441 e. The molecule has 152 valence electrons. The quantitative estimate of drug-likeness (QED) is 0.732. The molecule has 0 bridgehead atoms. The highest BCUT2D eigenvalue weighted by molar-refractivity contribution is 6.30. The Morgan fingerprint density at radius 1 is 1.07 bits per heavy atom. The minimum atomic E-state index is -0.534. The minimum absolute atomic E-state index is 0.168. The monoisotopic (exact) mass is 412 g/mol. The highest BCUT2D eigenvalue weighted by Crippen LogP contribution is 2.36. The zero-order chi connectivity index (χ0) is 20.3. The maximum absolute atomic E-state index is 12.7. The Bertz CT molecular complexity index is 889. The van der Waals surface area contributed by atoms with E-state index in [0.29, 0.717) is 37.5 Å². The summed E-state index contributed by atoms with van der Waals surface area (Å²) in [6.07, 6.45) is 3.17. The van der Waals surface area contributed by atoms with Crippen LogP contribution in [0.15, 0.2) is 54.6 Å². The number of halogens is 1. The van der Waals surface area contributed by atoms with Gasteiger partial charge in [-0.2, -0.15) is 0 Å². The molecule has 2 aromatic rings. The topological polar surface area (TPSA) is 49.9 Å². The maximum atomic E-state index is 12.7. The SMILES string of the molecule is O=C(CCc1ccccc1)N1CCCC2(CC1)CN(c1cccc(Cl)c1)C(=O)O2. The molecular formula is C23H25ClN2O3. The van der Waals surface area contributed by atoms with E-state index in [1.807, 2.05) is 47.4 Å². The summed E-state index contributed by atoms with van der Waals surface area (Å²) >= 11 is 6.08. The lowest BCUT2D eigenvalue weighted by Crippen LogP contribution is -2.37. The molecular weight excluding hydrogens is 388 g/mol. The fraction of sp³-hybridized carbons (Fsp3) is 0.391. The predicted octanol–water partition coefficient (Wildman–Crippen LogP) is 4.68. The van der Waals surface area contributed by atoms with Gasteiger partial charge < -0.3 is 9.64 Å². The predicted molar refractivity (Wildman–Crippen MR) is 113 cm³/mol. The first-order chi connectivity index (χ1) is 14.0. The number of ether oxygens (including phenoxy) is 1. The van der Waals surface area contributed by atoms with E-state index < -0.39 is 5.60 Å². The lowest BCUT2D eigenvalue weighted by atomic mass is 9.95. The number of carbonyl (C=O) groups is 2. The smallest absolute Gasteiger partial charge is 0.415 e. The molecule has 0 N–H and O–H groups in total. The standard InChI is InChI=1S/C23H25ClN2O3/c24-19-8-4-9-20(16-19)26-17-23(29-22(26)28)12-5-14-25(15-13-23)21(27)11-10-18-6-2-1-3-7-18/h1-4,6-9,16H,5,10-15,17H2. The summed E-state index contributed by atoms with van der Waals surface area (Å²) in [4.78, 5) is 28.8. The summed E-state index contributed by atoms with van der Waals surface area (Å²) < 4.78 is 5.84. The highest BCUT2D eigenvalue weighted by atomic mass is 35.5. The number of anilines is 1. The second-order valence-corrected chi connectivity index (χ2v) is 8.27. The molecule has 2 aliphatic rings. The molecule has 29 heavy (non-hydrogen) atoms. The zero-order valence-electron chi connectivity index (χ0n) is 16.4. The lowest BCUT2D eigenvalue weighted by molar-refractivity contribution is -0.131. The second kappa shape index (κ2) is 8.46. The van der Waals surface area contributed by atoms with Crippen molar-refractivity contribution in [2.24, 2.45) is 0 Å². The van der Waals surface area contributed by atoms with Gasteiger partial charge in [0.15, 0.2) is 0 Å². The van der Waals surface area contributed by atoms with Crippen LogP contribution in [0.4, 0.5) is 10.5 Å². The van der Waals surface area contributed by atoms with E-state index in [-0.39, 0.29) is 12.0 Å². The first kappa shape index (κ1) is 19.8. The summed E-state index contributed by atoms with van der Waals surface area (Å²) in [6, 6.07) is 17.3. The van der Waals surface area contributed by atoms with Gasteiger partial charge in [0.2, 0.25) is 5.91 Å². The van der Waals surface area contributed by atoms with Gasteiger partial charge in [-0.05, 0) is 43.0 Å². The zero-order valence-corrected chi connectivity index (χ0v) is 17.1. The summed E-state index contributed by atoms with van der Waals surface area (Å²) in [7, 11) is 0. The molecule has 2 heterocycles. The van der Waals surface area contributed by atoms with Gasteiger partial charge in [-0.3, -0.25) is 9.69 Å². The molecule has 4 rings (SSSR count). The normalized spacial score (nSPS) is 21.9. The molecule has 5 nitrogen and oxygen atoms in total. The number of carbonyl (C=O) groups excluding carboxylic acids is 2. The number of benzene rings is 2. The van der Waals surface area contributed by atoms with Crippen molar-refractivity contribution in [3.63, 3.8) is 0 Å². The maximum Gasteiger partial charge on any atom is 0.415 e. The molecule has 0 radical (unpaired) electrons. The molecule has 0 saturated carbocycles. The van der Waals surface area contributed by atoms with E-state index >= 15 is 0 Å². The average Bonchev–Trinajstić information content (AvgIpc) is 2.91. The number of likely N-dealkylation sites (tertiary alicyclic amines) is 1. The van der Waals surface area contributed by atoms with Crippen molar-refractivity contribution in [2.75, 3.05) is 24.5 Å². The van der Waals surface area contributed by atoms with Crippen LogP contribution in [0.1, 0.15) is 31.2 Å². The van der Waals surface area contributed by atoms with Gasteiger partial charge in [0.1, 0.15) is 5.60 Å². The molecule has 1 spiro atoms. The van der Waals surface area contributed by atoms with Gasteiger partial charge in [0.25, 0.3) is 0 Å². The third-order valence-corrected chi connectivity index (χ3v) is 6.05. The van der Waals surface area contributed by atoms with Crippen LogP contribution in [0.25, 0.3) is 0 Å². The molecule has 2 aromatic carbocycles. The van der Waals surface area contributed by atoms with Gasteiger partial charge in [-0.15, -0.1) is 0 Å². The van der Waals surface area contributed by atoms with Crippen LogP contribution in [0.5, 0.6) is 0 Å². The van der Waals surface area contributed by atoms with Gasteiger partial charge in [-0.1, -0.05) is 48.0 Å². The Balaban J connectivity index is 1.37. The van der Waals surface area contributed by atoms with Crippen LogP contribution in [-0.4, -0.2) is 42.1 Å². The van der Waals surface area contributed by atoms with Crippen LogP contribution < -0.4 is 4.90 Å². The van der Waals surface area contributed by atoms with Crippen molar-refractivity contribution in [1.29, 1.82) is 0 Å². The van der Waals surface area contributed by atoms with Crippen LogP contribution in [0.3, 0.4) is 0 Å². The Labute approximate surface area is 176 Å². The third kappa shape index (κ3) is 4.56. The van der Waals surface area contributed by atoms with Crippen molar-refractivity contribution in [3.8, 4) is 0 Å².